The van der Waals surface area contributed by atoms with Crippen molar-refractivity contribution in [3.8, 4) is 0 Å². The first-order valence-corrected chi connectivity index (χ1v) is 7.69. The minimum absolute atomic E-state index is 0.712. The van der Waals surface area contributed by atoms with Crippen LogP contribution in [-0.2, 0) is 6.54 Å². The van der Waals surface area contributed by atoms with E-state index in [-0.39, 0.29) is 0 Å². The van der Waals surface area contributed by atoms with Gasteiger partial charge in [0.2, 0.25) is 0 Å². The highest BCUT2D eigenvalue weighted by Gasteiger charge is 2.36. The van der Waals surface area contributed by atoms with E-state index in [0.717, 1.165) is 12.6 Å². The van der Waals surface area contributed by atoms with Crippen molar-refractivity contribution in [2.24, 2.45) is 0 Å². The van der Waals surface area contributed by atoms with Gasteiger partial charge in [-0.3, -0.25) is 4.90 Å². The first-order chi connectivity index (χ1) is 9.15. The molecule has 19 heavy (non-hydrogen) atoms. The maximum atomic E-state index is 3.82. The number of hydrogen-bond donors (Lipinski definition) is 1. The summed E-state index contributed by atoms with van der Waals surface area (Å²) in [5.74, 6) is 0. The number of aryl methyl sites for hydroxylation is 3. The number of rotatable bonds is 3. The molecule has 2 fully saturated rings. The van der Waals surface area contributed by atoms with Gasteiger partial charge in [-0.15, -0.1) is 0 Å². The molecule has 0 aromatic heterocycles. The molecule has 2 heteroatoms. The van der Waals surface area contributed by atoms with Crippen molar-refractivity contribution in [3.05, 3.63) is 34.4 Å². The molecule has 0 amide bonds. The molecule has 1 aromatic rings. The van der Waals surface area contributed by atoms with Crippen molar-refractivity contribution < 1.29 is 0 Å². The molecule has 2 atom stereocenters. The van der Waals surface area contributed by atoms with Gasteiger partial charge in [-0.05, 0) is 68.8 Å². The van der Waals surface area contributed by atoms with Crippen LogP contribution in [0.1, 0.15) is 41.5 Å². The lowest BCUT2D eigenvalue weighted by atomic mass is 10.00. The lowest BCUT2D eigenvalue weighted by molar-refractivity contribution is 0.298. The fraction of sp³-hybridized carbons (Fsp3) is 0.647. The second-order valence-electron chi connectivity index (χ2n) is 6.38. The molecule has 3 rings (SSSR count). The van der Waals surface area contributed by atoms with Gasteiger partial charge in [-0.1, -0.05) is 12.1 Å². The molecule has 2 nitrogen and oxygen atoms in total. The van der Waals surface area contributed by atoms with Gasteiger partial charge in [0.25, 0.3) is 0 Å². The summed E-state index contributed by atoms with van der Waals surface area (Å²) in [5.41, 5.74) is 5.72. The average molecular weight is 258 g/mol. The molecule has 0 aliphatic carbocycles. The molecule has 2 aliphatic heterocycles. The second kappa shape index (κ2) is 5.26. The third-order valence-corrected chi connectivity index (χ3v) is 5.11. The maximum absolute atomic E-state index is 3.82. The third kappa shape index (κ3) is 2.56. The van der Waals surface area contributed by atoms with E-state index in [0.29, 0.717) is 6.04 Å². The SMILES string of the molecule is Cc1cc(C)c(CNC2CCN3CCCC23)cc1C. The van der Waals surface area contributed by atoms with Gasteiger partial charge >= 0.3 is 0 Å². The maximum Gasteiger partial charge on any atom is 0.0250 e. The topological polar surface area (TPSA) is 15.3 Å². The molecule has 2 saturated heterocycles. The summed E-state index contributed by atoms with van der Waals surface area (Å²) in [6.07, 6.45) is 4.11. The number of nitrogens with zero attached hydrogens (tertiary/aromatic N) is 1. The highest BCUT2D eigenvalue weighted by atomic mass is 15.2. The largest absolute Gasteiger partial charge is 0.308 e. The molecule has 0 spiro atoms. The molecular formula is C17H26N2. The van der Waals surface area contributed by atoms with Crippen molar-refractivity contribution >= 4 is 0 Å². The van der Waals surface area contributed by atoms with Crippen LogP contribution in [0.15, 0.2) is 12.1 Å². The molecule has 2 heterocycles. The van der Waals surface area contributed by atoms with Gasteiger partial charge in [-0.2, -0.15) is 0 Å². The van der Waals surface area contributed by atoms with Crippen LogP contribution in [0, 0.1) is 20.8 Å². The molecule has 104 valence electrons. The minimum atomic E-state index is 0.712. The molecule has 1 N–H and O–H groups in total. The van der Waals surface area contributed by atoms with Crippen LogP contribution >= 0.6 is 0 Å². The van der Waals surface area contributed by atoms with Gasteiger partial charge in [0, 0.05) is 25.2 Å². The summed E-state index contributed by atoms with van der Waals surface area (Å²) in [6.45, 7) is 10.3. The number of nitrogens with one attached hydrogen (secondary N) is 1. The minimum Gasteiger partial charge on any atom is -0.308 e. The lowest BCUT2D eigenvalue weighted by Crippen LogP contribution is -2.38. The fourth-order valence-electron chi connectivity index (χ4n) is 3.77. The first-order valence-electron chi connectivity index (χ1n) is 7.69. The van der Waals surface area contributed by atoms with E-state index in [1.54, 1.807) is 0 Å². The van der Waals surface area contributed by atoms with Crippen LogP contribution in [0.5, 0.6) is 0 Å². The van der Waals surface area contributed by atoms with Crippen LogP contribution < -0.4 is 5.32 Å². The zero-order chi connectivity index (χ0) is 13.4. The van der Waals surface area contributed by atoms with Crippen LogP contribution in [0.4, 0.5) is 0 Å². The smallest absolute Gasteiger partial charge is 0.0250 e. The second-order valence-corrected chi connectivity index (χ2v) is 6.38. The van der Waals surface area contributed by atoms with Gasteiger partial charge in [0.05, 0.1) is 0 Å². The highest BCUT2D eigenvalue weighted by molar-refractivity contribution is 5.36. The van der Waals surface area contributed by atoms with Crippen molar-refractivity contribution in [1.82, 2.24) is 10.2 Å². The summed E-state index contributed by atoms with van der Waals surface area (Å²) < 4.78 is 0. The van der Waals surface area contributed by atoms with E-state index >= 15 is 0 Å². The Labute approximate surface area is 117 Å². The molecule has 0 saturated carbocycles. The quantitative estimate of drug-likeness (QED) is 0.897. The third-order valence-electron chi connectivity index (χ3n) is 5.11. The predicted octanol–water partition coefficient (Wildman–Crippen LogP) is 2.94. The van der Waals surface area contributed by atoms with E-state index in [2.05, 4.69) is 43.1 Å². The zero-order valence-corrected chi connectivity index (χ0v) is 12.5. The van der Waals surface area contributed by atoms with Crippen LogP contribution in [-0.4, -0.2) is 30.1 Å². The summed E-state index contributed by atoms with van der Waals surface area (Å²) in [4.78, 5) is 2.67. The van der Waals surface area contributed by atoms with Crippen molar-refractivity contribution in [2.45, 2.75) is 58.7 Å². The molecule has 0 bridgehead atoms. The summed E-state index contributed by atoms with van der Waals surface area (Å²) in [6, 6.07) is 6.21. The number of fused-ring (bicyclic) bond motifs is 1. The average Bonchev–Trinajstić information content (AvgIpc) is 2.95. The van der Waals surface area contributed by atoms with E-state index in [1.165, 1.54) is 54.6 Å². The Bertz CT molecular complexity index is 467. The molecule has 2 aliphatic rings. The Balaban J connectivity index is 1.65. The number of benzene rings is 1. The standard InChI is InChI=1S/C17H26N2/c1-12-9-14(3)15(10-13(12)2)11-18-16-6-8-19-7-4-5-17(16)19/h9-10,16-18H,4-8,11H2,1-3H3. The highest BCUT2D eigenvalue weighted by Crippen LogP contribution is 2.28. The van der Waals surface area contributed by atoms with Gasteiger partial charge in [0.1, 0.15) is 0 Å². The van der Waals surface area contributed by atoms with Gasteiger partial charge < -0.3 is 5.32 Å². The van der Waals surface area contributed by atoms with Crippen molar-refractivity contribution in [3.63, 3.8) is 0 Å². The van der Waals surface area contributed by atoms with Crippen LogP contribution in [0.25, 0.3) is 0 Å². The molecular weight excluding hydrogens is 232 g/mol. The Kier molecular flexibility index (Phi) is 3.64. The van der Waals surface area contributed by atoms with Crippen molar-refractivity contribution in [2.75, 3.05) is 13.1 Å². The molecule has 0 radical (unpaired) electrons. The Morgan fingerprint density at radius 2 is 1.84 bits per heavy atom. The molecule has 2 unspecified atom stereocenters. The fourth-order valence-corrected chi connectivity index (χ4v) is 3.77. The van der Waals surface area contributed by atoms with E-state index in [4.69, 9.17) is 0 Å². The van der Waals surface area contributed by atoms with Gasteiger partial charge in [-0.25, -0.2) is 0 Å². The Morgan fingerprint density at radius 3 is 2.68 bits per heavy atom. The lowest BCUT2D eigenvalue weighted by Gasteiger charge is -2.22. The Morgan fingerprint density at radius 1 is 1.05 bits per heavy atom. The van der Waals surface area contributed by atoms with E-state index < -0.39 is 0 Å². The summed E-state index contributed by atoms with van der Waals surface area (Å²) in [7, 11) is 0. The van der Waals surface area contributed by atoms with E-state index in [9.17, 15) is 0 Å². The Hall–Kier alpha value is -0.860. The van der Waals surface area contributed by atoms with Crippen LogP contribution in [0.3, 0.4) is 0 Å². The van der Waals surface area contributed by atoms with E-state index in [1.807, 2.05) is 0 Å². The predicted molar refractivity (Wildman–Crippen MR) is 80.5 cm³/mol. The first kappa shape index (κ1) is 13.1. The number of hydrogen-bond acceptors (Lipinski definition) is 2. The normalized spacial score (nSPS) is 26.9. The monoisotopic (exact) mass is 258 g/mol. The molecule has 1 aromatic carbocycles. The van der Waals surface area contributed by atoms with Crippen LogP contribution in [0.2, 0.25) is 0 Å². The zero-order valence-electron chi connectivity index (χ0n) is 12.5. The summed E-state index contributed by atoms with van der Waals surface area (Å²) in [5, 5.41) is 3.82. The summed E-state index contributed by atoms with van der Waals surface area (Å²) >= 11 is 0. The van der Waals surface area contributed by atoms with Gasteiger partial charge in [0.15, 0.2) is 0 Å². The van der Waals surface area contributed by atoms with Crippen molar-refractivity contribution in [1.29, 1.82) is 0 Å².